The van der Waals surface area contributed by atoms with Crippen molar-refractivity contribution in [2.24, 2.45) is 0 Å². The number of rotatable bonds is 4. The second-order valence-electron chi connectivity index (χ2n) is 4.11. The van der Waals surface area contributed by atoms with E-state index in [-0.39, 0.29) is 5.75 Å². The van der Waals surface area contributed by atoms with Gasteiger partial charge in [-0.2, -0.15) is 0 Å². The van der Waals surface area contributed by atoms with Gasteiger partial charge >= 0.3 is 0 Å². The minimum absolute atomic E-state index is 0.247. The van der Waals surface area contributed by atoms with Crippen LogP contribution >= 0.6 is 23.2 Å². The topological polar surface area (TPSA) is 52.3 Å². The Morgan fingerprint density at radius 1 is 1.25 bits per heavy atom. The molecule has 0 bridgehead atoms. The van der Waals surface area contributed by atoms with Crippen molar-refractivity contribution in [3.63, 3.8) is 0 Å². The Morgan fingerprint density at radius 2 is 2.00 bits per heavy atom. The van der Waals surface area contributed by atoms with E-state index in [1.807, 2.05) is 0 Å². The SMILES string of the molecule is COc1ccc(N)c(S(=O)Cc2cccc(Cl)c2Cl)c1. The van der Waals surface area contributed by atoms with Crippen LogP contribution in [0.15, 0.2) is 41.3 Å². The van der Waals surface area contributed by atoms with Crippen molar-refractivity contribution in [3.8, 4) is 5.75 Å². The smallest absolute Gasteiger partial charge is 0.120 e. The van der Waals surface area contributed by atoms with Crippen molar-refractivity contribution >= 4 is 39.7 Å². The third-order valence-electron chi connectivity index (χ3n) is 2.78. The van der Waals surface area contributed by atoms with E-state index in [0.717, 1.165) is 5.56 Å². The summed E-state index contributed by atoms with van der Waals surface area (Å²) < 4.78 is 17.6. The second kappa shape index (κ2) is 6.48. The molecule has 2 rings (SSSR count). The normalized spacial score (nSPS) is 12.2. The molecule has 0 saturated carbocycles. The molecule has 2 N–H and O–H groups in total. The van der Waals surface area contributed by atoms with Crippen molar-refractivity contribution in [1.29, 1.82) is 0 Å². The van der Waals surface area contributed by atoms with Gasteiger partial charge in [-0.15, -0.1) is 0 Å². The second-order valence-corrected chi connectivity index (χ2v) is 6.31. The number of halogens is 2. The van der Waals surface area contributed by atoms with Crippen LogP contribution < -0.4 is 10.5 Å². The number of ether oxygens (including phenoxy) is 1. The van der Waals surface area contributed by atoms with Gasteiger partial charge in [-0.25, -0.2) is 0 Å². The lowest BCUT2D eigenvalue weighted by Gasteiger charge is -2.09. The minimum Gasteiger partial charge on any atom is -0.497 e. The Kier molecular flexibility index (Phi) is 4.91. The van der Waals surface area contributed by atoms with Gasteiger partial charge in [0.1, 0.15) is 5.75 Å². The molecule has 1 unspecified atom stereocenters. The largest absolute Gasteiger partial charge is 0.497 e. The van der Waals surface area contributed by atoms with E-state index in [9.17, 15) is 4.21 Å². The number of nitrogens with two attached hydrogens (primary N) is 1. The molecular formula is C14H13Cl2NO2S. The quantitative estimate of drug-likeness (QED) is 0.865. The number of hydrogen-bond donors (Lipinski definition) is 1. The van der Waals surface area contributed by atoms with Crippen LogP contribution in [-0.2, 0) is 16.6 Å². The molecule has 0 aliphatic rings. The van der Waals surface area contributed by atoms with Crippen LogP contribution in [-0.4, -0.2) is 11.3 Å². The van der Waals surface area contributed by atoms with Gasteiger partial charge < -0.3 is 10.5 Å². The summed E-state index contributed by atoms with van der Waals surface area (Å²) in [6.45, 7) is 0. The van der Waals surface area contributed by atoms with E-state index in [1.54, 1.807) is 43.5 Å². The van der Waals surface area contributed by atoms with Gasteiger partial charge in [0.25, 0.3) is 0 Å². The van der Waals surface area contributed by atoms with E-state index in [2.05, 4.69) is 0 Å². The number of nitrogen functional groups attached to an aromatic ring is 1. The first-order valence-electron chi connectivity index (χ1n) is 5.77. The van der Waals surface area contributed by atoms with Gasteiger partial charge in [0.15, 0.2) is 0 Å². The fourth-order valence-electron chi connectivity index (χ4n) is 1.72. The molecule has 0 aromatic heterocycles. The van der Waals surface area contributed by atoms with Crippen LogP contribution in [0.4, 0.5) is 5.69 Å². The Balaban J connectivity index is 2.30. The monoisotopic (exact) mass is 329 g/mol. The highest BCUT2D eigenvalue weighted by molar-refractivity contribution is 7.84. The van der Waals surface area contributed by atoms with Gasteiger partial charge in [-0.3, -0.25) is 4.21 Å². The molecule has 106 valence electrons. The molecule has 3 nitrogen and oxygen atoms in total. The van der Waals surface area contributed by atoms with Crippen LogP contribution in [0.5, 0.6) is 5.75 Å². The molecule has 0 radical (unpaired) electrons. The van der Waals surface area contributed by atoms with Crippen molar-refractivity contribution in [1.82, 2.24) is 0 Å². The van der Waals surface area contributed by atoms with Crippen LogP contribution in [0.25, 0.3) is 0 Å². The highest BCUT2D eigenvalue weighted by atomic mass is 35.5. The highest BCUT2D eigenvalue weighted by Gasteiger charge is 2.13. The number of methoxy groups -OCH3 is 1. The molecule has 0 heterocycles. The zero-order chi connectivity index (χ0) is 14.7. The molecule has 0 spiro atoms. The first kappa shape index (κ1) is 15.2. The molecule has 0 aliphatic carbocycles. The summed E-state index contributed by atoms with van der Waals surface area (Å²) >= 11 is 12.0. The molecule has 6 heteroatoms. The van der Waals surface area contributed by atoms with Crippen molar-refractivity contribution < 1.29 is 8.95 Å². The highest BCUT2D eigenvalue weighted by Crippen LogP contribution is 2.29. The standard InChI is InChI=1S/C14H13Cl2NO2S/c1-19-10-5-6-12(17)13(7-10)20(18)8-9-3-2-4-11(15)14(9)16/h2-7H,8,17H2,1H3. The van der Waals surface area contributed by atoms with Crippen molar-refractivity contribution in [3.05, 3.63) is 52.0 Å². The molecule has 0 saturated heterocycles. The van der Waals surface area contributed by atoms with Gasteiger partial charge in [0, 0.05) is 5.69 Å². The Hall–Kier alpha value is -1.23. The fourth-order valence-corrected chi connectivity index (χ4v) is 3.44. The third-order valence-corrected chi connectivity index (χ3v) is 5.06. The zero-order valence-electron chi connectivity index (χ0n) is 10.7. The molecule has 0 aliphatic heterocycles. The van der Waals surface area contributed by atoms with Crippen molar-refractivity contribution in [2.45, 2.75) is 10.6 Å². The van der Waals surface area contributed by atoms with E-state index < -0.39 is 10.8 Å². The average Bonchev–Trinajstić information content (AvgIpc) is 2.44. The van der Waals surface area contributed by atoms with E-state index in [1.165, 1.54) is 0 Å². The van der Waals surface area contributed by atoms with Crippen LogP contribution in [0, 0.1) is 0 Å². The Bertz CT molecular complexity index is 662. The predicted molar refractivity (Wildman–Crippen MR) is 84.0 cm³/mol. The summed E-state index contributed by atoms with van der Waals surface area (Å²) in [5, 5.41) is 0.865. The lowest BCUT2D eigenvalue weighted by Crippen LogP contribution is -2.02. The van der Waals surface area contributed by atoms with Crippen LogP contribution in [0.2, 0.25) is 10.0 Å². The summed E-state index contributed by atoms with van der Waals surface area (Å²) in [6.07, 6.45) is 0. The Labute approximate surface area is 130 Å². The van der Waals surface area contributed by atoms with Gasteiger partial charge in [0.2, 0.25) is 0 Å². The maximum absolute atomic E-state index is 12.4. The van der Waals surface area contributed by atoms with Crippen molar-refractivity contribution in [2.75, 3.05) is 12.8 Å². The molecule has 0 fully saturated rings. The summed E-state index contributed by atoms with van der Waals surface area (Å²) in [6, 6.07) is 10.3. The summed E-state index contributed by atoms with van der Waals surface area (Å²) in [7, 11) is 0.223. The third kappa shape index (κ3) is 3.26. The van der Waals surface area contributed by atoms with Gasteiger partial charge in [0.05, 0.1) is 38.6 Å². The fraction of sp³-hybridized carbons (Fsp3) is 0.143. The summed E-state index contributed by atoms with van der Waals surface area (Å²) in [5.74, 6) is 0.858. The minimum atomic E-state index is -1.32. The summed E-state index contributed by atoms with van der Waals surface area (Å²) in [5.41, 5.74) is 7.04. The van der Waals surface area contributed by atoms with Crippen LogP contribution in [0.1, 0.15) is 5.56 Å². The number of hydrogen-bond acceptors (Lipinski definition) is 3. The van der Waals surface area contributed by atoms with E-state index in [4.69, 9.17) is 33.7 Å². The molecule has 1 atom stereocenters. The van der Waals surface area contributed by atoms with E-state index >= 15 is 0 Å². The predicted octanol–water partition coefficient (Wildman–Crippen LogP) is 3.89. The summed E-state index contributed by atoms with van der Waals surface area (Å²) in [4.78, 5) is 0.528. The van der Waals surface area contributed by atoms with Gasteiger partial charge in [-0.1, -0.05) is 35.3 Å². The average molecular weight is 330 g/mol. The van der Waals surface area contributed by atoms with Gasteiger partial charge in [-0.05, 0) is 29.8 Å². The molecule has 2 aromatic rings. The molecule has 0 amide bonds. The number of anilines is 1. The maximum atomic E-state index is 12.4. The first-order chi connectivity index (χ1) is 9.52. The molecular weight excluding hydrogens is 317 g/mol. The molecule has 2 aromatic carbocycles. The first-order valence-corrected chi connectivity index (χ1v) is 7.85. The Morgan fingerprint density at radius 3 is 2.70 bits per heavy atom. The lowest BCUT2D eigenvalue weighted by atomic mass is 10.2. The lowest BCUT2D eigenvalue weighted by molar-refractivity contribution is 0.413. The maximum Gasteiger partial charge on any atom is 0.120 e. The van der Waals surface area contributed by atoms with Crippen LogP contribution in [0.3, 0.4) is 0 Å². The van der Waals surface area contributed by atoms with E-state index in [0.29, 0.717) is 26.4 Å². The number of benzene rings is 2. The molecule has 20 heavy (non-hydrogen) atoms. The zero-order valence-corrected chi connectivity index (χ0v) is 13.1.